The number of nitrogens with one attached hydrogen (secondary N) is 1. The highest BCUT2D eigenvalue weighted by Gasteiger charge is 2.30. The number of halogens is 3. The highest BCUT2D eigenvalue weighted by molar-refractivity contribution is 7.91. The van der Waals surface area contributed by atoms with Crippen LogP contribution in [-0.4, -0.2) is 24.9 Å². The van der Waals surface area contributed by atoms with Crippen LogP contribution in [0.4, 0.5) is 13.2 Å². The Morgan fingerprint density at radius 2 is 2.05 bits per heavy atom. The van der Waals surface area contributed by atoms with Gasteiger partial charge >= 0.3 is 6.18 Å². The van der Waals surface area contributed by atoms with Crippen LogP contribution in [0.3, 0.4) is 0 Å². The van der Waals surface area contributed by atoms with E-state index in [1.54, 1.807) is 6.92 Å². The molecule has 0 saturated carbocycles. The largest absolute Gasteiger partial charge is 0.417 e. The fraction of sp³-hybridized carbons (Fsp3) is 0.583. The second-order valence-corrected chi connectivity index (χ2v) is 7.04. The molecule has 0 spiro atoms. The van der Waals surface area contributed by atoms with Gasteiger partial charge in [-0.1, -0.05) is 6.92 Å². The molecule has 21 heavy (non-hydrogen) atoms. The molecule has 0 aliphatic carbocycles. The molecular formula is C12H18F3N3O2S. The number of hydrazine groups is 1. The number of nitrogens with two attached hydrogens (primary N) is 1. The molecule has 3 N–H and O–H groups in total. The van der Waals surface area contributed by atoms with Crippen LogP contribution in [0.25, 0.3) is 0 Å². The lowest BCUT2D eigenvalue weighted by atomic mass is 10.1. The van der Waals surface area contributed by atoms with Crippen LogP contribution in [-0.2, 0) is 16.0 Å². The van der Waals surface area contributed by atoms with Gasteiger partial charge in [0.15, 0.2) is 0 Å². The van der Waals surface area contributed by atoms with Gasteiger partial charge in [0.1, 0.15) is 9.84 Å². The van der Waals surface area contributed by atoms with E-state index in [2.05, 4.69) is 10.4 Å². The summed E-state index contributed by atoms with van der Waals surface area (Å²) >= 11 is 0. The van der Waals surface area contributed by atoms with Crippen molar-refractivity contribution in [2.24, 2.45) is 5.84 Å². The van der Waals surface area contributed by atoms with E-state index in [0.717, 1.165) is 12.3 Å². The van der Waals surface area contributed by atoms with Crippen molar-refractivity contribution < 1.29 is 21.6 Å². The van der Waals surface area contributed by atoms with Crippen LogP contribution in [0.15, 0.2) is 18.3 Å². The van der Waals surface area contributed by atoms with Crippen LogP contribution in [0.1, 0.15) is 37.1 Å². The van der Waals surface area contributed by atoms with E-state index in [9.17, 15) is 21.6 Å². The van der Waals surface area contributed by atoms with Gasteiger partial charge in [-0.3, -0.25) is 16.3 Å². The quantitative estimate of drug-likeness (QED) is 0.590. The Hall–Kier alpha value is -1.19. The molecule has 0 aliphatic rings. The Balaban J connectivity index is 2.68. The van der Waals surface area contributed by atoms with Crippen LogP contribution >= 0.6 is 0 Å². The molecule has 1 aromatic rings. The second-order valence-electron chi connectivity index (χ2n) is 4.57. The van der Waals surface area contributed by atoms with Gasteiger partial charge in [0, 0.05) is 11.9 Å². The SMILES string of the molecule is CCS(=O)(=O)CCCC(NN)c1ccc(C(F)(F)F)cn1. The van der Waals surface area contributed by atoms with Gasteiger partial charge in [0.05, 0.1) is 23.1 Å². The Labute approximate surface area is 121 Å². The number of hydrogen-bond donors (Lipinski definition) is 2. The Morgan fingerprint density at radius 1 is 1.38 bits per heavy atom. The highest BCUT2D eigenvalue weighted by atomic mass is 32.2. The molecule has 120 valence electrons. The first-order valence-electron chi connectivity index (χ1n) is 6.39. The number of hydrogen-bond acceptors (Lipinski definition) is 5. The zero-order valence-electron chi connectivity index (χ0n) is 11.5. The van der Waals surface area contributed by atoms with E-state index in [-0.39, 0.29) is 11.5 Å². The minimum Gasteiger partial charge on any atom is -0.271 e. The molecule has 1 unspecified atom stereocenters. The molecule has 0 amide bonds. The third-order valence-corrected chi connectivity index (χ3v) is 4.85. The molecule has 1 atom stereocenters. The summed E-state index contributed by atoms with van der Waals surface area (Å²) in [5.41, 5.74) is 1.95. The van der Waals surface area contributed by atoms with Crippen molar-refractivity contribution in [2.45, 2.75) is 32.0 Å². The van der Waals surface area contributed by atoms with E-state index >= 15 is 0 Å². The number of pyridine rings is 1. The standard InChI is InChI=1S/C12H18F3N3O2S/c1-2-21(19,20)7-3-4-11(18-16)10-6-5-9(8-17-10)12(13,14)15/h5-6,8,11,18H,2-4,7,16H2,1H3. The van der Waals surface area contributed by atoms with E-state index in [0.29, 0.717) is 18.5 Å². The molecule has 9 heteroatoms. The lowest BCUT2D eigenvalue weighted by molar-refractivity contribution is -0.137. The lowest BCUT2D eigenvalue weighted by Gasteiger charge is -2.16. The minimum atomic E-state index is -4.44. The molecule has 0 fully saturated rings. The third kappa shape index (κ3) is 5.60. The molecule has 1 rings (SSSR count). The summed E-state index contributed by atoms with van der Waals surface area (Å²) in [5.74, 6) is 5.43. The average molecular weight is 325 g/mol. The maximum atomic E-state index is 12.4. The third-order valence-electron chi connectivity index (χ3n) is 3.06. The molecule has 1 aromatic heterocycles. The highest BCUT2D eigenvalue weighted by Crippen LogP contribution is 2.29. The van der Waals surface area contributed by atoms with Crippen molar-refractivity contribution >= 4 is 9.84 Å². The molecule has 0 saturated heterocycles. The van der Waals surface area contributed by atoms with Crippen molar-refractivity contribution in [3.63, 3.8) is 0 Å². The Bertz CT molecular complexity index is 544. The van der Waals surface area contributed by atoms with Crippen LogP contribution < -0.4 is 11.3 Å². The summed E-state index contributed by atoms with van der Waals surface area (Å²) < 4.78 is 60.0. The molecular weight excluding hydrogens is 307 g/mol. The topological polar surface area (TPSA) is 85.1 Å². The van der Waals surface area contributed by atoms with Crippen molar-refractivity contribution in [1.82, 2.24) is 10.4 Å². The molecule has 0 radical (unpaired) electrons. The molecule has 1 heterocycles. The van der Waals surface area contributed by atoms with E-state index in [1.165, 1.54) is 6.07 Å². The number of rotatable bonds is 7. The maximum Gasteiger partial charge on any atom is 0.417 e. The summed E-state index contributed by atoms with van der Waals surface area (Å²) in [6.07, 6.45) is -2.98. The average Bonchev–Trinajstić information content (AvgIpc) is 2.43. The molecule has 0 bridgehead atoms. The predicted octanol–water partition coefficient (Wildman–Crippen LogP) is 1.82. The summed E-state index contributed by atoms with van der Waals surface area (Å²) in [4.78, 5) is 3.74. The number of nitrogens with zero attached hydrogens (tertiary/aromatic N) is 1. The van der Waals surface area contributed by atoms with E-state index in [1.807, 2.05) is 0 Å². The van der Waals surface area contributed by atoms with Gasteiger partial charge in [-0.05, 0) is 25.0 Å². The summed E-state index contributed by atoms with van der Waals surface area (Å²) in [5, 5.41) is 0. The summed E-state index contributed by atoms with van der Waals surface area (Å²) in [6.45, 7) is 1.56. The predicted molar refractivity (Wildman–Crippen MR) is 72.9 cm³/mol. The van der Waals surface area contributed by atoms with Crippen molar-refractivity contribution in [2.75, 3.05) is 11.5 Å². The van der Waals surface area contributed by atoms with Gasteiger partial charge in [-0.25, -0.2) is 8.42 Å². The summed E-state index contributed by atoms with van der Waals surface area (Å²) in [7, 11) is -3.07. The van der Waals surface area contributed by atoms with Gasteiger partial charge in [-0.2, -0.15) is 13.2 Å². The zero-order valence-corrected chi connectivity index (χ0v) is 12.3. The van der Waals surface area contributed by atoms with Crippen LogP contribution in [0, 0.1) is 0 Å². The smallest absolute Gasteiger partial charge is 0.271 e. The van der Waals surface area contributed by atoms with E-state index in [4.69, 9.17) is 5.84 Å². The maximum absolute atomic E-state index is 12.4. The van der Waals surface area contributed by atoms with Crippen molar-refractivity contribution in [1.29, 1.82) is 0 Å². The zero-order chi connectivity index (χ0) is 16.1. The van der Waals surface area contributed by atoms with Gasteiger partial charge < -0.3 is 0 Å². The van der Waals surface area contributed by atoms with Gasteiger partial charge in [0.25, 0.3) is 0 Å². The molecule has 0 aliphatic heterocycles. The molecule has 5 nitrogen and oxygen atoms in total. The number of sulfone groups is 1. The van der Waals surface area contributed by atoms with Crippen molar-refractivity contribution in [3.05, 3.63) is 29.6 Å². The first-order valence-corrected chi connectivity index (χ1v) is 8.21. The Morgan fingerprint density at radius 3 is 2.48 bits per heavy atom. The number of aromatic nitrogens is 1. The van der Waals surface area contributed by atoms with E-state index < -0.39 is 27.6 Å². The molecule has 0 aromatic carbocycles. The fourth-order valence-corrected chi connectivity index (χ4v) is 2.64. The Kier molecular flexibility index (Phi) is 6.11. The monoisotopic (exact) mass is 325 g/mol. The van der Waals surface area contributed by atoms with Gasteiger partial charge in [0.2, 0.25) is 0 Å². The van der Waals surface area contributed by atoms with Gasteiger partial charge in [-0.15, -0.1) is 0 Å². The first-order chi connectivity index (χ1) is 9.69. The van der Waals surface area contributed by atoms with Crippen LogP contribution in [0.5, 0.6) is 0 Å². The van der Waals surface area contributed by atoms with Crippen molar-refractivity contribution in [3.8, 4) is 0 Å². The first kappa shape index (κ1) is 17.9. The normalized spacial score (nSPS) is 14.1. The second kappa shape index (κ2) is 7.19. The number of alkyl halides is 3. The summed E-state index contributed by atoms with van der Waals surface area (Å²) in [6, 6.07) is 1.68. The van der Waals surface area contributed by atoms with Crippen LogP contribution in [0.2, 0.25) is 0 Å². The fourth-order valence-electron chi connectivity index (χ4n) is 1.75. The lowest BCUT2D eigenvalue weighted by Crippen LogP contribution is -2.29. The minimum absolute atomic E-state index is 0.0162.